The summed E-state index contributed by atoms with van der Waals surface area (Å²) in [6.07, 6.45) is 4.97. The molecule has 1 unspecified atom stereocenters. The standard InChI is InChI=1S/C15H17N3O2/c1-11(9-20-2)18-15(19)13-5-3-12(4-6-13)14-7-16-10-17-8-14/h3-8,10-11H,9H2,1-2H3,(H,18,19). The third-order valence-corrected chi connectivity index (χ3v) is 2.84. The second-order valence-electron chi connectivity index (χ2n) is 4.53. The molecule has 5 heteroatoms. The topological polar surface area (TPSA) is 64.1 Å². The fourth-order valence-corrected chi connectivity index (χ4v) is 1.86. The van der Waals surface area contributed by atoms with Crippen molar-refractivity contribution in [3.63, 3.8) is 0 Å². The molecule has 1 aromatic carbocycles. The quantitative estimate of drug-likeness (QED) is 0.902. The van der Waals surface area contributed by atoms with Crippen LogP contribution in [-0.2, 0) is 4.74 Å². The van der Waals surface area contributed by atoms with Gasteiger partial charge in [0.05, 0.1) is 6.61 Å². The van der Waals surface area contributed by atoms with Crippen molar-refractivity contribution in [1.29, 1.82) is 0 Å². The minimum absolute atomic E-state index is 0.0188. The van der Waals surface area contributed by atoms with Gasteiger partial charge in [-0.25, -0.2) is 9.97 Å². The average Bonchev–Trinajstić information content (AvgIpc) is 2.48. The third kappa shape index (κ3) is 3.61. The highest BCUT2D eigenvalue weighted by Crippen LogP contribution is 2.17. The Kier molecular flexibility index (Phi) is 4.79. The summed E-state index contributed by atoms with van der Waals surface area (Å²) in [5.74, 6) is -0.106. The van der Waals surface area contributed by atoms with Crippen molar-refractivity contribution >= 4 is 5.91 Å². The average molecular weight is 271 g/mol. The van der Waals surface area contributed by atoms with Gasteiger partial charge in [0.1, 0.15) is 6.33 Å². The van der Waals surface area contributed by atoms with E-state index in [1.807, 2.05) is 19.1 Å². The molecule has 0 saturated carbocycles. The Bertz CT molecular complexity index is 555. The van der Waals surface area contributed by atoms with Gasteiger partial charge in [0.15, 0.2) is 0 Å². The molecular weight excluding hydrogens is 254 g/mol. The number of benzene rings is 1. The maximum atomic E-state index is 12.0. The van der Waals surface area contributed by atoms with Crippen LogP contribution in [-0.4, -0.2) is 35.6 Å². The molecule has 0 saturated heterocycles. The highest BCUT2D eigenvalue weighted by atomic mass is 16.5. The lowest BCUT2D eigenvalue weighted by atomic mass is 10.1. The van der Waals surface area contributed by atoms with Crippen LogP contribution in [0.2, 0.25) is 0 Å². The van der Waals surface area contributed by atoms with Crippen molar-refractivity contribution in [2.75, 3.05) is 13.7 Å². The monoisotopic (exact) mass is 271 g/mol. The highest BCUT2D eigenvalue weighted by Gasteiger charge is 2.09. The Labute approximate surface area is 118 Å². The van der Waals surface area contributed by atoms with Crippen LogP contribution in [0.15, 0.2) is 43.0 Å². The predicted octanol–water partition coefficient (Wildman–Crippen LogP) is 1.91. The second kappa shape index (κ2) is 6.77. The lowest BCUT2D eigenvalue weighted by Crippen LogP contribution is -2.35. The van der Waals surface area contributed by atoms with Crippen LogP contribution in [0.3, 0.4) is 0 Å². The van der Waals surface area contributed by atoms with Crippen molar-refractivity contribution in [3.05, 3.63) is 48.5 Å². The van der Waals surface area contributed by atoms with Crippen LogP contribution in [0, 0.1) is 0 Å². The van der Waals surface area contributed by atoms with E-state index in [0.29, 0.717) is 12.2 Å². The van der Waals surface area contributed by atoms with Crippen molar-refractivity contribution in [3.8, 4) is 11.1 Å². The molecule has 1 amide bonds. The van der Waals surface area contributed by atoms with E-state index in [4.69, 9.17) is 4.74 Å². The van der Waals surface area contributed by atoms with Crippen LogP contribution in [0.5, 0.6) is 0 Å². The van der Waals surface area contributed by atoms with Gasteiger partial charge in [0.2, 0.25) is 0 Å². The first kappa shape index (κ1) is 14.1. The van der Waals surface area contributed by atoms with Crippen molar-refractivity contribution in [2.24, 2.45) is 0 Å². The first-order chi connectivity index (χ1) is 9.70. The van der Waals surface area contributed by atoms with Gasteiger partial charge in [-0.3, -0.25) is 4.79 Å². The summed E-state index contributed by atoms with van der Waals surface area (Å²) in [5.41, 5.74) is 2.52. The summed E-state index contributed by atoms with van der Waals surface area (Å²) in [7, 11) is 1.61. The molecular formula is C15H17N3O2. The lowest BCUT2D eigenvalue weighted by molar-refractivity contribution is 0.0905. The van der Waals surface area contributed by atoms with E-state index >= 15 is 0 Å². The van der Waals surface area contributed by atoms with Gasteiger partial charge in [-0.1, -0.05) is 12.1 Å². The molecule has 0 radical (unpaired) electrons. The van der Waals surface area contributed by atoms with Crippen molar-refractivity contribution in [2.45, 2.75) is 13.0 Å². The Morgan fingerprint density at radius 1 is 1.20 bits per heavy atom. The van der Waals surface area contributed by atoms with Gasteiger partial charge in [-0.05, 0) is 24.6 Å². The SMILES string of the molecule is COCC(C)NC(=O)c1ccc(-c2cncnc2)cc1. The summed E-state index contributed by atoms with van der Waals surface area (Å²) in [5, 5.41) is 2.87. The van der Waals surface area contributed by atoms with E-state index in [9.17, 15) is 4.79 Å². The number of rotatable bonds is 5. The molecule has 0 fully saturated rings. The van der Waals surface area contributed by atoms with E-state index in [0.717, 1.165) is 11.1 Å². The molecule has 1 N–H and O–H groups in total. The Morgan fingerprint density at radius 3 is 2.45 bits per heavy atom. The smallest absolute Gasteiger partial charge is 0.251 e. The largest absolute Gasteiger partial charge is 0.383 e. The number of carbonyl (C=O) groups excluding carboxylic acids is 1. The van der Waals surface area contributed by atoms with E-state index in [1.54, 1.807) is 31.6 Å². The minimum atomic E-state index is -0.106. The van der Waals surface area contributed by atoms with E-state index in [2.05, 4.69) is 15.3 Å². The van der Waals surface area contributed by atoms with Crippen LogP contribution >= 0.6 is 0 Å². The third-order valence-electron chi connectivity index (χ3n) is 2.84. The van der Waals surface area contributed by atoms with Gasteiger partial charge >= 0.3 is 0 Å². The zero-order valence-corrected chi connectivity index (χ0v) is 11.5. The minimum Gasteiger partial charge on any atom is -0.383 e. The van der Waals surface area contributed by atoms with Crippen molar-refractivity contribution in [1.82, 2.24) is 15.3 Å². The van der Waals surface area contributed by atoms with Crippen LogP contribution in [0.25, 0.3) is 11.1 Å². The first-order valence-corrected chi connectivity index (χ1v) is 6.36. The maximum Gasteiger partial charge on any atom is 0.251 e. The summed E-state index contributed by atoms with van der Waals surface area (Å²) in [6, 6.07) is 7.33. The molecule has 0 bridgehead atoms. The first-order valence-electron chi connectivity index (χ1n) is 6.36. The second-order valence-corrected chi connectivity index (χ2v) is 4.53. The van der Waals surface area contributed by atoms with E-state index in [1.165, 1.54) is 6.33 Å². The number of amides is 1. The Morgan fingerprint density at radius 2 is 1.85 bits per heavy atom. The summed E-state index contributed by atoms with van der Waals surface area (Å²) >= 11 is 0. The van der Waals surface area contributed by atoms with Crippen molar-refractivity contribution < 1.29 is 9.53 Å². The highest BCUT2D eigenvalue weighted by molar-refractivity contribution is 5.94. The number of aromatic nitrogens is 2. The summed E-state index contributed by atoms with van der Waals surface area (Å²) < 4.78 is 4.99. The number of hydrogen-bond donors (Lipinski definition) is 1. The molecule has 0 aliphatic rings. The predicted molar refractivity (Wildman–Crippen MR) is 76.3 cm³/mol. The molecule has 1 atom stereocenters. The molecule has 1 heterocycles. The maximum absolute atomic E-state index is 12.0. The van der Waals surface area contributed by atoms with Gasteiger partial charge in [-0.15, -0.1) is 0 Å². The van der Waals surface area contributed by atoms with Crippen LogP contribution in [0.4, 0.5) is 0 Å². The molecule has 0 spiro atoms. The summed E-state index contributed by atoms with van der Waals surface area (Å²) in [6.45, 7) is 2.39. The number of methoxy groups -OCH3 is 1. The Balaban J connectivity index is 2.07. The molecule has 104 valence electrons. The van der Waals surface area contributed by atoms with Gasteiger partial charge in [0, 0.05) is 36.7 Å². The number of ether oxygens (including phenoxy) is 1. The molecule has 1 aromatic heterocycles. The lowest BCUT2D eigenvalue weighted by Gasteiger charge is -2.12. The van der Waals surface area contributed by atoms with E-state index < -0.39 is 0 Å². The summed E-state index contributed by atoms with van der Waals surface area (Å²) in [4.78, 5) is 19.9. The number of hydrogen-bond acceptors (Lipinski definition) is 4. The number of carbonyl (C=O) groups is 1. The zero-order valence-electron chi connectivity index (χ0n) is 11.5. The van der Waals surface area contributed by atoms with E-state index in [-0.39, 0.29) is 11.9 Å². The fourth-order valence-electron chi connectivity index (χ4n) is 1.86. The van der Waals surface area contributed by atoms with Crippen LogP contribution < -0.4 is 5.32 Å². The van der Waals surface area contributed by atoms with Gasteiger partial charge in [-0.2, -0.15) is 0 Å². The van der Waals surface area contributed by atoms with Gasteiger partial charge in [0.25, 0.3) is 5.91 Å². The Hall–Kier alpha value is -2.27. The molecule has 2 aromatic rings. The normalized spacial score (nSPS) is 11.9. The molecule has 5 nitrogen and oxygen atoms in total. The zero-order chi connectivity index (χ0) is 14.4. The molecule has 2 rings (SSSR count). The number of nitrogens with zero attached hydrogens (tertiary/aromatic N) is 2. The number of nitrogens with one attached hydrogen (secondary N) is 1. The van der Waals surface area contributed by atoms with Gasteiger partial charge < -0.3 is 10.1 Å². The fraction of sp³-hybridized carbons (Fsp3) is 0.267. The molecule has 0 aliphatic heterocycles. The molecule has 0 aliphatic carbocycles. The van der Waals surface area contributed by atoms with Crippen LogP contribution in [0.1, 0.15) is 17.3 Å². The molecule has 20 heavy (non-hydrogen) atoms.